The molecule has 4 fully saturated rings. The Morgan fingerprint density at radius 2 is 1.66 bits per heavy atom. The Bertz CT molecular complexity index is 1940. The molecule has 8 heteroatoms. The third-order valence-corrected chi connectivity index (χ3v) is 16.2. The van der Waals surface area contributed by atoms with Gasteiger partial charge in [-0.2, -0.15) is 0 Å². The lowest BCUT2D eigenvalue weighted by Gasteiger charge is -2.63. The first kappa shape index (κ1) is 44.0. The second-order valence-corrected chi connectivity index (χ2v) is 20.3. The quantitative estimate of drug-likeness (QED) is 0.0898. The van der Waals surface area contributed by atoms with Crippen LogP contribution in [0.1, 0.15) is 150 Å². The van der Waals surface area contributed by atoms with E-state index in [4.69, 9.17) is 4.74 Å². The number of rotatable bonds is 15. The Morgan fingerprint density at radius 1 is 0.949 bits per heavy atom. The van der Waals surface area contributed by atoms with Gasteiger partial charge in [0.05, 0.1) is 30.3 Å². The van der Waals surface area contributed by atoms with Gasteiger partial charge in [-0.05, 0) is 143 Å². The van der Waals surface area contributed by atoms with Crippen LogP contribution in [0.2, 0.25) is 0 Å². The summed E-state index contributed by atoms with van der Waals surface area (Å²) in [6.45, 7) is 13.3. The molecule has 0 aliphatic heterocycles. The molecule has 12 atom stereocenters. The molecule has 2 aromatic carbocycles. The second-order valence-electron chi connectivity index (χ2n) is 20.3. The van der Waals surface area contributed by atoms with Crippen molar-refractivity contribution >= 4 is 22.9 Å². The molecule has 0 bridgehead atoms. The highest BCUT2D eigenvalue weighted by molar-refractivity contribution is 6.01. The number of aliphatic hydroxyl groups is 4. The molecule has 1 heterocycles. The molecule has 0 amide bonds. The molecule has 4 N–H and O–H groups in total. The van der Waals surface area contributed by atoms with Gasteiger partial charge in [-0.15, -0.1) is 0 Å². The van der Waals surface area contributed by atoms with Crippen molar-refractivity contribution in [2.75, 3.05) is 0 Å². The summed E-state index contributed by atoms with van der Waals surface area (Å²) >= 11 is 0. The fourth-order valence-electron chi connectivity index (χ4n) is 13.5. The van der Waals surface area contributed by atoms with Crippen molar-refractivity contribution in [3.05, 3.63) is 66.1 Å². The summed E-state index contributed by atoms with van der Waals surface area (Å²) in [5.41, 5.74) is 2.99. The Hall–Kier alpha value is -3.04. The number of carbonyl (C=O) groups is 1. The van der Waals surface area contributed by atoms with Crippen molar-refractivity contribution in [3.8, 4) is 11.1 Å². The van der Waals surface area contributed by atoms with Gasteiger partial charge in [0, 0.05) is 40.5 Å². The zero-order valence-electron chi connectivity index (χ0n) is 36.6. The van der Waals surface area contributed by atoms with Crippen molar-refractivity contribution in [1.29, 1.82) is 0 Å². The molecule has 3 aromatic rings. The van der Waals surface area contributed by atoms with Gasteiger partial charge in [0.25, 0.3) is 0 Å². The van der Waals surface area contributed by atoms with E-state index in [1.165, 1.54) is 25.0 Å². The second kappa shape index (κ2) is 17.7. The van der Waals surface area contributed by atoms with Crippen LogP contribution in [0.15, 0.2) is 54.6 Å². The fourth-order valence-corrected chi connectivity index (χ4v) is 13.5. The van der Waals surface area contributed by atoms with E-state index < -0.39 is 29.9 Å². The lowest BCUT2D eigenvalue weighted by molar-refractivity contribution is -0.198. The molecule has 1 aromatic heterocycles. The van der Waals surface area contributed by atoms with Crippen LogP contribution in [0.25, 0.3) is 28.1 Å². The number of aliphatic hydroxyl groups excluding tert-OH is 3. The number of aromatic nitrogens is 1. The van der Waals surface area contributed by atoms with E-state index >= 15 is 0 Å². The van der Waals surface area contributed by atoms with Crippen LogP contribution in [0, 0.1) is 46.2 Å². The first-order chi connectivity index (χ1) is 28.1. The summed E-state index contributed by atoms with van der Waals surface area (Å²) < 4.78 is 22.6. The number of unbranched alkanes of at least 4 members (excludes halogenated alkanes) is 3. The molecular weight excluding hydrogens is 742 g/mol. The van der Waals surface area contributed by atoms with Gasteiger partial charge in [-0.3, -0.25) is 4.79 Å². The number of hydrogen-bond acceptors (Lipinski definition) is 6. The van der Waals surface area contributed by atoms with E-state index in [-0.39, 0.29) is 53.5 Å². The third kappa shape index (κ3) is 8.72. The minimum absolute atomic E-state index is 0.0323. The van der Waals surface area contributed by atoms with Crippen LogP contribution in [0.3, 0.4) is 0 Å². The maximum atomic E-state index is 14.0. The normalized spacial score (nSPS) is 32.7. The SMILES string of the molecule is CCCCCC[C@](C)(O)[C@H]1CCC2C3C[C@H](OC(=O)C[C@H](O)C[C@H](O)/C=C/c4c(-c5ccc(F)cc5)c5ccccc5n4C(C)C)[C@H]4C[C@@H](O)CC[C@]4(C)C3CC[C@@]21C. The average molecular weight is 814 g/mol. The maximum Gasteiger partial charge on any atom is 0.308 e. The van der Waals surface area contributed by atoms with Crippen molar-refractivity contribution in [3.63, 3.8) is 0 Å². The summed E-state index contributed by atoms with van der Waals surface area (Å²) in [7, 11) is 0. The summed E-state index contributed by atoms with van der Waals surface area (Å²) in [6, 6.07) is 14.6. The molecule has 59 heavy (non-hydrogen) atoms. The van der Waals surface area contributed by atoms with Gasteiger partial charge in [-0.25, -0.2) is 4.39 Å². The summed E-state index contributed by atoms with van der Waals surface area (Å²) in [4.78, 5) is 13.8. The standard InChI is InChI=1S/C51H72FNO6/c1-7-8-9-12-25-51(6,58)46-22-20-40-39-31-45(42-29-36(55)23-26-49(42,4)41(39)24-27-50(40,46)5)59-47(57)30-37(56)28-35(54)19-21-44-48(33-15-17-34(52)18-16-33)38-13-10-11-14-43(38)53(44)32(2)3/h10-11,13-19,21,32,35-37,39-42,45-46,54-56,58H,7-9,12,20,22-31H2,1-6H3/b21-19+/t35-,36+,37-,39?,40?,41?,42-,45+,46+,49-,50+,51+/m1/s1. The van der Waals surface area contributed by atoms with E-state index in [0.29, 0.717) is 24.2 Å². The van der Waals surface area contributed by atoms with Crippen LogP contribution in [-0.2, 0) is 9.53 Å². The lowest BCUT2D eigenvalue weighted by Crippen LogP contribution is -2.59. The molecule has 7 nitrogen and oxygen atoms in total. The minimum Gasteiger partial charge on any atom is -0.462 e. The van der Waals surface area contributed by atoms with E-state index in [9.17, 15) is 29.6 Å². The van der Waals surface area contributed by atoms with Crippen molar-refractivity contribution in [2.45, 2.75) is 174 Å². The molecule has 0 radical (unpaired) electrons. The number of para-hydroxylation sites is 1. The molecule has 4 saturated carbocycles. The molecule has 3 unspecified atom stereocenters. The molecule has 7 rings (SSSR count). The highest BCUT2D eigenvalue weighted by Gasteiger charge is 2.64. The number of fused-ring (bicyclic) bond motifs is 6. The Morgan fingerprint density at radius 3 is 2.39 bits per heavy atom. The number of ether oxygens (including phenoxy) is 1. The predicted octanol–water partition coefficient (Wildman–Crippen LogP) is 10.8. The van der Waals surface area contributed by atoms with Gasteiger partial charge >= 0.3 is 5.97 Å². The number of esters is 1. The van der Waals surface area contributed by atoms with E-state index in [2.05, 4.69) is 58.2 Å². The fraction of sp³-hybridized carbons (Fsp3) is 0.667. The van der Waals surface area contributed by atoms with Crippen LogP contribution >= 0.6 is 0 Å². The Kier molecular flexibility index (Phi) is 13.2. The van der Waals surface area contributed by atoms with Crippen LogP contribution in [0.4, 0.5) is 4.39 Å². The number of nitrogens with zero attached hydrogens (tertiary/aromatic N) is 1. The molecule has 4 aliphatic carbocycles. The summed E-state index contributed by atoms with van der Waals surface area (Å²) in [5.74, 6) is 0.848. The number of carbonyl (C=O) groups excluding carboxylic acids is 1. The summed E-state index contributed by atoms with van der Waals surface area (Å²) in [5, 5.41) is 46.3. The zero-order chi connectivity index (χ0) is 42.3. The average Bonchev–Trinajstić information content (AvgIpc) is 3.72. The van der Waals surface area contributed by atoms with E-state index in [0.717, 1.165) is 91.9 Å². The lowest BCUT2D eigenvalue weighted by atomic mass is 9.43. The number of benzene rings is 2. The first-order valence-electron chi connectivity index (χ1n) is 23.1. The van der Waals surface area contributed by atoms with Gasteiger partial charge in [0.15, 0.2) is 0 Å². The Labute approximate surface area is 352 Å². The third-order valence-electron chi connectivity index (χ3n) is 16.2. The van der Waals surface area contributed by atoms with Gasteiger partial charge < -0.3 is 29.7 Å². The maximum absolute atomic E-state index is 14.0. The van der Waals surface area contributed by atoms with E-state index in [1.54, 1.807) is 18.2 Å². The summed E-state index contributed by atoms with van der Waals surface area (Å²) in [6.07, 6.45) is 13.3. The molecule has 0 saturated heterocycles. The van der Waals surface area contributed by atoms with Gasteiger partial charge in [0.2, 0.25) is 0 Å². The highest BCUT2D eigenvalue weighted by atomic mass is 19.1. The van der Waals surface area contributed by atoms with Crippen LogP contribution in [0.5, 0.6) is 0 Å². The van der Waals surface area contributed by atoms with Crippen LogP contribution in [-0.4, -0.2) is 61.0 Å². The highest BCUT2D eigenvalue weighted by Crippen LogP contribution is 2.69. The molecular formula is C51H72FNO6. The molecule has 0 spiro atoms. The largest absolute Gasteiger partial charge is 0.462 e. The Balaban J connectivity index is 1.04. The monoisotopic (exact) mass is 814 g/mol. The zero-order valence-corrected chi connectivity index (χ0v) is 36.6. The number of hydrogen-bond donors (Lipinski definition) is 4. The smallest absolute Gasteiger partial charge is 0.308 e. The molecule has 324 valence electrons. The van der Waals surface area contributed by atoms with Gasteiger partial charge in [-0.1, -0.05) is 82.9 Å². The van der Waals surface area contributed by atoms with Crippen LogP contribution < -0.4 is 0 Å². The van der Waals surface area contributed by atoms with Crippen molar-refractivity contribution in [1.82, 2.24) is 4.57 Å². The van der Waals surface area contributed by atoms with Crippen molar-refractivity contribution < 1.29 is 34.3 Å². The first-order valence-corrected chi connectivity index (χ1v) is 23.1. The van der Waals surface area contributed by atoms with E-state index in [1.807, 2.05) is 18.2 Å². The minimum atomic E-state index is -1.11. The topological polar surface area (TPSA) is 112 Å². The predicted molar refractivity (Wildman–Crippen MR) is 234 cm³/mol. The molecule has 4 aliphatic rings. The number of halogens is 1. The van der Waals surface area contributed by atoms with Gasteiger partial charge in [0.1, 0.15) is 11.9 Å². The van der Waals surface area contributed by atoms with Crippen molar-refractivity contribution in [2.24, 2.45) is 40.4 Å².